The number of methoxy groups -OCH3 is 1. The van der Waals surface area contributed by atoms with Gasteiger partial charge in [-0.15, -0.1) is 12.4 Å². The van der Waals surface area contributed by atoms with Gasteiger partial charge in [0.15, 0.2) is 6.10 Å². The fourth-order valence-electron chi connectivity index (χ4n) is 3.20. The van der Waals surface area contributed by atoms with Gasteiger partial charge in [0.05, 0.1) is 13.2 Å². The van der Waals surface area contributed by atoms with Gasteiger partial charge in [-0.05, 0) is 23.6 Å². The van der Waals surface area contributed by atoms with Crippen molar-refractivity contribution < 1.29 is 19.1 Å². The van der Waals surface area contributed by atoms with E-state index in [0.717, 1.165) is 11.1 Å². The minimum absolute atomic E-state index is 0. The molecule has 1 atom stereocenters. The summed E-state index contributed by atoms with van der Waals surface area (Å²) >= 11 is 0. The SMILES string of the molecule is COCC(C)=C(C(=O)OC(c1ccccc1)c1ccccc1)N1CC(N)C1=O.Cl. The Balaban J connectivity index is 0.00000300. The van der Waals surface area contributed by atoms with E-state index in [0.29, 0.717) is 5.57 Å². The highest BCUT2D eigenvalue weighted by Gasteiger charge is 2.40. The molecule has 0 aliphatic carbocycles. The number of esters is 1. The number of hydrogen-bond donors (Lipinski definition) is 1. The van der Waals surface area contributed by atoms with Gasteiger partial charge in [-0.3, -0.25) is 4.79 Å². The number of likely N-dealkylation sites (tertiary alicyclic amines) is 1. The number of hydrogen-bond acceptors (Lipinski definition) is 5. The Morgan fingerprint density at radius 3 is 2.03 bits per heavy atom. The number of carbonyl (C=O) groups is 2. The normalized spacial score (nSPS) is 16.6. The second-order valence-corrected chi connectivity index (χ2v) is 6.72. The van der Waals surface area contributed by atoms with Crippen LogP contribution in [0.4, 0.5) is 0 Å². The Labute approximate surface area is 176 Å². The van der Waals surface area contributed by atoms with E-state index in [1.807, 2.05) is 60.7 Å². The van der Waals surface area contributed by atoms with Crippen LogP contribution in [0.15, 0.2) is 71.9 Å². The van der Waals surface area contributed by atoms with Crippen molar-refractivity contribution in [3.05, 3.63) is 83.1 Å². The topological polar surface area (TPSA) is 81.9 Å². The van der Waals surface area contributed by atoms with Crippen LogP contribution in [0, 0.1) is 0 Å². The molecule has 2 aromatic rings. The van der Waals surface area contributed by atoms with Gasteiger partial charge in [0.1, 0.15) is 11.7 Å². The van der Waals surface area contributed by atoms with E-state index in [1.165, 1.54) is 12.0 Å². The first kappa shape index (κ1) is 22.6. The van der Waals surface area contributed by atoms with Crippen LogP contribution in [-0.2, 0) is 19.1 Å². The third kappa shape index (κ3) is 5.03. The quantitative estimate of drug-likeness (QED) is 0.426. The molecule has 1 heterocycles. The molecule has 1 aliphatic rings. The lowest BCUT2D eigenvalue weighted by molar-refractivity contribution is -0.151. The molecule has 7 heteroatoms. The summed E-state index contributed by atoms with van der Waals surface area (Å²) in [6.07, 6.45) is -0.592. The summed E-state index contributed by atoms with van der Waals surface area (Å²) in [6, 6.07) is 18.4. The molecule has 0 radical (unpaired) electrons. The molecule has 1 saturated heterocycles. The summed E-state index contributed by atoms with van der Waals surface area (Å²) in [4.78, 5) is 26.7. The third-order valence-electron chi connectivity index (χ3n) is 4.62. The van der Waals surface area contributed by atoms with Crippen molar-refractivity contribution in [2.24, 2.45) is 5.73 Å². The van der Waals surface area contributed by atoms with E-state index in [1.54, 1.807) is 6.92 Å². The van der Waals surface area contributed by atoms with E-state index in [-0.39, 0.29) is 37.2 Å². The molecular formula is C22H25ClN2O4. The lowest BCUT2D eigenvalue weighted by Crippen LogP contribution is -2.61. The number of ether oxygens (including phenoxy) is 2. The second kappa shape index (κ2) is 10.2. The van der Waals surface area contributed by atoms with Crippen molar-refractivity contribution in [3.8, 4) is 0 Å². The predicted molar refractivity (Wildman–Crippen MR) is 112 cm³/mol. The van der Waals surface area contributed by atoms with E-state index in [9.17, 15) is 9.59 Å². The lowest BCUT2D eigenvalue weighted by atomic mass is 10.0. The minimum Gasteiger partial charge on any atom is -0.448 e. The second-order valence-electron chi connectivity index (χ2n) is 6.72. The van der Waals surface area contributed by atoms with E-state index in [2.05, 4.69) is 0 Å². The molecule has 2 aromatic carbocycles. The Bertz CT molecular complexity index is 831. The Hall–Kier alpha value is -2.67. The fourth-order valence-corrected chi connectivity index (χ4v) is 3.20. The van der Waals surface area contributed by atoms with Gasteiger partial charge in [0.25, 0.3) is 0 Å². The van der Waals surface area contributed by atoms with Crippen molar-refractivity contribution in [2.45, 2.75) is 19.1 Å². The summed E-state index contributed by atoms with van der Waals surface area (Å²) in [7, 11) is 1.53. The number of benzene rings is 2. The first-order valence-electron chi connectivity index (χ1n) is 9.09. The Morgan fingerprint density at radius 2 is 1.62 bits per heavy atom. The van der Waals surface area contributed by atoms with Gasteiger partial charge in [-0.2, -0.15) is 0 Å². The van der Waals surface area contributed by atoms with Crippen LogP contribution >= 0.6 is 12.4 Å². The monoisotopic (exact) mass is 416 g/mol. The molecule has 1 amide bonds. The smallest absolute Gasteiger partial charge is 0.356 e. The van der Waals surface area contributed by atoms with Crippen molar-refractivity contribution in [1.82, 2.24) is 4.90 Å². The largest absolute Gasteiger partial charge is 0.448 e. The maximum absolute atomic E-state index is 13.1. The highest BCUT2D eigenvalue weighted by atomic mass is 35.5. The number of rotatable bonds is 7. The number of carbonyl (C=O) groups excluding carboxylic acids is 2. The van der Waals surface area contributed by atoms with Crippen LogP contribution in [0.25, 0.3) is 0 Å². The van der Waals surface area contributed by atoms with Crippen molar-refractivity contribution in [2.75, 3.05) is 20.3 Å². The molecule has 29 heavy (non-hydrogen) atoms. The summed E-state index contributed by atoms with van der Waals surface area (Å²) in [5.41, 5.74) is 8.22. The zero-order valence-electron chi connectivity index (χ0n) is 16.4. The Kier molecular flexibility index (Phi) is 7.96. The predicted octanol–water partition coefficient (Wildman–Crippen LogP) is 2.83. The molecule has 1 unspecified atom stereocenters. The molecule has 2 N–H and O–H groups in total. The number of nitrogens with two attached hydrogens (primary N) is 1. The van der Waals surface area contributed by atoms with Crippen molar-refractivity contribution in [1.29, 1.82) is 0 Å². The maximum Gasteiger partial charge on any atom is 0.356 e. The van der Waals surface area contributed by atoms with Crippen molar-refractivity contribution >= 4 is 24.3 Å². The average molecular weight is 417 g/mol. The first-order valence-corrected chi connectivity index (χ1v) is 9.09. The molecule has 0 aromatic heterocycles. The van der Waals surface area contributed by atoms with Gasteiger partial charge in [0.2, 0.25) is 5.91 Å². The molecule has 0 saturated carbocycles. The van der Waals surface area contributed by atoms with Crippen LogP contribution in [0.1, 0.15) is 24.2 Å². The average Bonchev–Trinajstić information content (AvgIpc) is 2.73. The molecule has 1 fully saturated rings. The first-order chi connectivity index (χ1) is 13.5. The summed E-state index contributed by atoms with van der Waals surface area (Å²) in [6.45, 7) is 2.24. The van der Waals surface area contributed by atoms with Gasteiger partial charge in [0, 0.05) is 7.11 Å². The van der Waals surface area contributed by atoms with Crippen molar-refractivity contribution in [3.63, 3.8) is 0 Å². The number of halogens is 1. The van der Waals surface area contributed by atoms with Crippen LogP contribution in [0.5, 0.6) is 0 Å². The molecule has 1 aliphatic heterocycles. The van der Waals surface area contributed by atoms with E-state index < -0.39 is 18.1 Å². The molecule has 0 spiro atoms. The molecule has 6 nitrogen and oxygen atoms in total. The Morgan fingerprint density at radius 1 is 1.10 bits per heavy atom. The lowest BCUT2D eigenvalue weighted by Gasteiger charge is -2.38. The highest BCUT2D eigenvalue weighted by Crippen LogP contribution is 2.29. The zero-order valence-corrected chi connectivity index (χ0v) is 17.2. The van der Waals surface area contributed by atoms with Gasteiger partial charge < -0.3 is 20.1 Å². The number of amides is 1. The number of β-lactam (4-membered cyclic amide) rings is 1. The van der Waals surface area contributed by atoms with Gasteiger partial charge >= 0.3 is 5.97 Å². The molecule has 154 valence electrons. The zero-order chi connectivity index (χ0) is 20.1. The highest BCUT2D eigenvalue weighted by molar-refractivity contribution is 5.99. The summed E-state index contributed by atoms with van der Waals surface area (Å²) in [5.74, 6) is -0.870. The van der Waals surface area contributed by atoms with E-state index >= 15 is 0 Å². The van der Waals surface area contributed by atoms with Crippen LogP contribution in [-0.4, -0.2) is 43.1 Å². The van der Waals surface area contributed by atoms with Crippen LogP contribution in [0.2, 0.25) is 0 Å². The van der Waals surface area contributed by atoms with Gasteiger partial charge in [-0.1, -0.05) is 60.7 Å². The van der Waals surface area contributed by atoms with Crippen LogP contribution < -0.4 is 5.73 Å². The molecule has 0 bridgehead atoms. The molecular weight excluding hydrogens is 392 g/mol. The summed E-state index contributed by atoms with van der Waals surface area (Å²) < 4.78 is 11.1. The van der Waals surface area contributed by atoms with Gasteiger partial charge in [-0.25, -0.2) is 4.79 Å². The molecule has 3 rings (SSSR count). The maximum atomic E-state index is 13.1. The minimum atomic E-state index is -0.592. The standard InChI is InChI=1S/C22H24N2O4.ClH/c1-15(14-27-2)19(24-13-18(23)21(24)25)22(26)28-20(16-9-5-3-6-10-16)17-11-7-4-8-12-17;/h3-12,18,20H,13-14,23H2,1-2H3;1H. The number of nitrogens with zero attached hydrogens (tertiary/aromatic N) is 1. The van der Waals surface area contributed by atoms with E-state index in [4.69, 9.17) is 15.2 Å². The fraction of sp³-hybridized carbons (Fsp3) is 0.273. The summed E-state index contributed by atoms with van der Waals surface area (Å²) in [5, 5.41) is 0. The third-order valence-corrected chi connectivity index (χ3v) is 4.62. The van der Waals surface area contributed by atoms with Crippen LogP contribution in [0.3, 0.4) is 0 Å².